The molecule has 0 spiro atoms. The summed E-state index contributed by atoms with van der Waals surface area (Å²) in [6.07, 6.45) is -4.56. The first-order chi connectivity index (χ1) is 20.1. The van der Waals surface area contributed by atoms with E-state index < -0.39 is 99.5 Å². The summed E-state index contributed by atoms with van der Waals surface area (Å²) < 4.78 is 50.0. The van der Waals surface area contributed by atoms with E-state index in [0.717, 1.165) is 7.11 Å². The number of hydrogen-bond donors (Lipinski definition) is 5. The Bertz CT molecular complexity index is 1390. The van der Waals surface area contributed by atoms with Gasteiger partial charge in [-0.25, -0.2) is 0 Å². The van der Waals surface area contributed by atoms with Crippen molar-refractivity contribution in [2.75, 3.05) is 20.2 Å². The number of nitrogens with zero attached hydrogens (tertiary/aromatic N) is 1. The van der Waals surface area contributed by atoms with Crippen LogP contribution in [0.5, 0.6) is 0 Å². The van der Waals surface area contributed by atoms with Crippen LogP contribution < -0.4 is 11.1 Å². The molecule has 236 valence electrons. The number of nitrogens with one attached hydrogen (secondary N) is 1. The van der Waals surface area contributed by atoms with E-state index in [0.29, 0.717) is 25.9 Å². The number of ketones is 2. The number of likely N-dealkylation sites (N-methyl/N-ethyl adjacent to an activating group) is 1. The van der Waals surface area contributed by atoms with Crippen molar-refractivity contribution in [3.8, 4) is 0 Å². The minimum Gasteiger partial charge on any atom is -0.508 e. The predicted molar refractivity (Wildman–Crippen MR) is 148 cm³/mol. The minimum atomic E-state index is -4.79. The van der Waals surface area contributed by atoms with Crippen molar-refractivity contribution in [3.63, 3.8) is 0 Å². The number of ether oxygens (including phenoxy) is 1. The molecule has 0 saturated carbocycles. The predicted octanol–water partition coefficient (Wildman–Crippen LogP) is 3.21. The fourth-order valence-electron chi connectivity index (χ4n) is 8.35. The molecule has 5 aliphatic rings. The third-order valence-electron chi connectivity index (χ3n) is 10.0. The molecule has 2 unspecified atom stereocenters. The maximum Gasteiger partial charge on any atom is 0.413 e. The lowest BCUT2D eigenvalue weighted by atomic mass is 9.58. The average Bonchev–Trinajstić information content (AvgIpc) is 3.44. The fraction of sp³-hybridized carbons (Fsp3) is 0.633. The summed E-state index contributed by atoms with van der Waals surface area (Å²) in [5.41, 5.74) is 0.602. The molecular formula is C30H38F3N3O7. The standard InChI is InChI=1S/C30H38F3N3O7/c1-5-36(12(2)3)23-16-10-13-9-15-20(18(37)11-14(17-7-6-8-35-17)22(15)30(31,32)33)24(38)19(13)26(40)29(16,43-4)27(41)21(25(23)39)28(34)42/h12-14,16-17,23,35,38,40-41H,5-11H2,1-4H3,(H2,34,42)/t13-,14?,16-,17?,23-,29-/m0/s1. The molecule has 13 heteroatoms. The van der Waals surface area contributed by atoms with Crippen LogP contribution in [0.1, 0.15) is 52.9 Å². The van der Waals surface area contributed by atoms with Crippen LogP contribution in [0.3, 0.4) is 0 Å². The fourth-order valence-corrected chi connectivity index (χ4v) is 8.35. The van der Waals surface area contributed by atoms with E-state index >= 15 is 0 Å². The highest BCUT2D eigenvalue weighted by Crippen LogP contribution is 2.58. The largest absolute Gasteiger partial charge is 0.508 e. The van der Waals surface area contributed by atoms with Gasteiger partial charge in [0.05, 0.1) is 11.6 Å². The van der Waals surface area contributed by atoms with Gasteiger partial charge in [0.1, 0.15) is 22.9 Å². The molecule has 0 aromatic heterocycles. The Balaban J connectivity index is 1.80. The maximum absolute atomic E-state index is 14.8. The second-order valence-electron chi connectivity index (χ2n) is 12.3. The van der Waals surface area contributed by atoms with Crippen LogP contribution in [0.2, 0.25) is 0 Å². The minimum absolute atomic E-state index is 0.116. The Morgan fingerprint density at radius 1 is 1.19 bits per heavy atom. The van der Waals surface area contributed by atoms with Gasteiger partial charge in [0.15, 0.2) is 17.2 Å². The monoisotopic (exact) mass is 609 g/mol. The topological polar surface area (TPSA) is 162 Å². The molecule has 4 aliphatic carbocycles. The van der Waals surface area contributed by atoms with Gasteiger partial charge in [-0.1, -0.05) is 6.92 Å². The Labute approximate surface area is 247 Å². The molecule has 0 bridgehead atoms. The van der Waals surface area contributed by atoms with Gasteiger partial charge in [-0.05, 0) is 64.1 Å². The number of primary amides is 1. The molecule has 10 nitrogen and oxygen atoms in total. The lowest BCUT2D eigenvalue weighted by Gasteiger charge is -2.53. The second-order valence-corrected chi connectivity index (χ2v) is 12.3. The Kier molecular flexibility index (Phi) is 7.84. The zero-order valence-electron chi connectivity index (χ0n) is 24.5. The lowest BCUT2D eigenvalue weighted by Crippen LogP contribution is -2.65. The number of rotatable bonds is 6. The Hall–Kier alpha value is -3.16. The summed E-state index contributed by atoms with van der Waals surface area (Å²) in [6, 6.07) is -1.97. The molecule has 0 aromatic carbocycles. The van der Waals surface area contributed by atoms with Crippen LogP contribution in [-0.4, -0.2) is 87.8 Å². The third-order valence-corrected chi connectivity index (χ3v) is 10.0. The van der Waals surface area contributed by atoms with Crippen molar-refractivity contribution in [2.45, 2.75) is 82.8 Å². The molecule has 1 aliphatic heterocycles. The molecule has 1 fully saturated rings. The van der Waals surface area contributed by atoms with E-state index in [4.69, 9.17) is 10.5 Å². The van der Waals surface area contributed by atoms with Gasteiger partial charge in [-0.15, -0.1) is 0 Å². The molecule has 0 aromatic rings. The number of alkyl halides is 3. The van der Waals surface area contributed by atoms with E-state index in [1.807, 2.05) is 13.8 Å². The average molecular weight is 610 g/mol. The van der Waals surface area contributed by atoms with Crippen LogP contribution >= 0.6 is 0 Å². The molecule has 6 N–H and O–H groups in total. The summed E-state index contributed by atoms with van der Waals surface area (Å²) in [5.74, 6) is -8.42. The Morgan fingerprint density at radius 2 is 1.86 bits per heavy atom. The first-order valence-corrected chi connectivity index (χ1v) is 14.7. The number of aliphatic hydroxyl groups excluding tert-OH is 3. The number of methoxy groups -OCH3 is 1. The van der Waals surface area contributed by atoms with Gasteiger partial charge in [0.25, 0.3) is 5.91 Å². The number of allylic oxidation sites excluding steroid dienone is 3. The van der Waals surface area contributed by atoms with Gasteiger partial charge in [-0.3, -0.25) is 19.3 Å². The molecule has 1 saturated heterocycles. The van der Waals surface area contributed by atoms with E-state index in [1.165, 1.54) is 0 Å². The van der Waals surface area contributed by atoms with Crippen molar-refractivity contribution in [1.29, 1.82) is 0 Å². The molecular weight excluding hydrogens is 571 g/mol. The maximum atomic E-state index is 14.8. The highest BCUT2D eigenvalue weighted by molar-refractivity contribution is 6.22. The van der Waals surface area contributed by atoms with Crippen molar-refractivity contribution >= 4 is 17.5 Å². The second kappa shape index (κ2) is 10.8. The van der Waals surface area contributed by atoms with E-state index in [1.54, 1.807) is 11.8 Å². The number of Topliss-reactive ketones (excluding diaryl/α,β-unsaturated/α-hetero) is 2. The SMILES string of the molecule is CCN(C(C)C)[C@@H]1C(=O)C(C(N)=O)=C(O)[C@@]2(OC)C(O)=C3C(O)=C4C(=O)CC(C5CCCN5)C(C(F)(F)F)=C4C[C@H]3C[C@@H]12. The molecule has 5 rings (SSSR count). The van der Waals surface area contributed by atoms with Crippen LogP contribution in [-0.2, 0) is 19.1 Å². The normalized spacial score (nSPS) is 33.5. The number of aliphatic hydroxyl groups is 3. The first-order valence-electron chi connectivity index (χ1n) is 14.7. The molecule has 6 atom stereocenters. The number of carbonyl (C=O) groups is 3. The van der Waals surface area contributed by atoms with E-state index in [2.05, 4.69) is 5.32 Å². The summed E-state index contributed by atoms with van der Waals surface area (Å²) in [7, 11) is 1.14. The van der Waals surface area contributed by atoms with Gasteiger partial charge in [-0.2, -0.15) is 13.2 Å². The van der Waals surface area contributed by atoms with Gasteiger partial charge in [0, 0.05) is 48.6 Å². The zero-order valence-corrected chi connectivity index (χ0v) is 24.5. The molecule has 43 heavy (non-hydrogen) atoms. The number of nitrogens with two attached hydrogens (primary N) is 1. The number of carbonyl (C=O) groups excluding carboxylic acids is 3. The lowest BCUT2D eigenvalue weighted by molar-refractivity contribution is -0.144. The molecule has 1 amide bonds. The number of halogens is 3. The Morgan fingerprint density at radius 3 is 2.37 bits per heavy atom. The summed E-state index contributed by atoms with van der Waals surface area (Å²) in [5, 5.41) is 37.8. The summed E-state index contributed by atoms with van der Waals surface area (Å²) in [4.78, 5) is 41.5. The highest BCUT2D eigenvalue weighted by atomic mass is 19.4. The van der Waals surface area contributed by atoms with Crippen molar-refractivity contribution in [3.05, 3.63) is 45.1 Å². The molecule has 1 heterocycles. The number of amides is 1. The smallest absolute Gasteiger partial charge is 0.413 e. The van der Waals surface area contributed by atoms with Crippen LogP contribution in [0.4, 0.5) is 13.2 Å². The van der Waals surface area contributed by atoms with Crippen molar-refractivity contribution in [1.82, 2.24) is 10.2 Å². The van der Waals surface area contributed by atoms with E-state index in [9.17, 15) is 42.9 Å². The molecule has 0 radical (unpaired) electrons. The van der Waals surface area contributed by atoms with Crippen molar-refractivity contribution in [2.24, 2.45) is 23.5 Å². The first kappa shape index (κ1) is 31.3. The van der Waals surface area contributed by atoms with Gasteiger partial charge in [0.2, 0.25) is 0 Å². The van der Waals surface area contributed by atoms with Crippen molar-refractivity contribution < 1.29 is 47.6 Å². The zero-order chi connectivity index (χ0) is 31.8. The van der Waals surface area contributed by atoms with Crippen LogP contribution in [0.25, 0.3) is 0 Å². The summed E-state index contributed by atoms with van der Waals surface area (Å²) >= 11 is 0. The van der Waals surface area contributed by atoms with E-state index in [-0.39, 0.29) is 30.0 Å². The highest BCUT2D eigenvalue weighted by Gasteiger charge is 2.64. The van der Waals surface area contributed by atoms with Crippen LogP contribution in [0.15, 0.2) is 45.1 Å². The number of hydrogen-bond acceptors (Lipinski definition) is 9. The number of fused-ring (bicyclic) bond motifs is 3. The summed E-state index contributed by atoms with van der Waals surface area (Å²) in [6.45, 7) is 6.24. The van der Waals surface area contributed by atoms with Crippen LogP contribution in [0, 0.1) is 17.8 Å². The quantitative estimate of drug-likeness (QED) is 0.285. The van der Waals surface area contributed by atoms with Gasteiger partial charge >= 0.3 is 6.18 Å². The third kappa shape index (κ3) is 4.45. The van der Waals surface area contributed by atoms with Gasteiger partial charge < -0.3 is 31.1 Å².